The fraction of sp³-hybridized carbons (Fsp3) is 0.478. The van der Waals surface area contributed by atoms with Crippen LogP contribution in [0.25, 0.3) is 0 Å². The van der Waals surface area contributed by atoms with E-state index in [1.807, 2.05) is 27.9 Å². The van der Waals surface area contributed by atoms with E-state index in [0.717, 1.165) is 48.3 Å². The van der Waals surface area contributed by atoms with Crippen LogP contribution in [0.4, 0.5) is 5.69 Å². The van der Waals surface area contributed by atoms with Crippen molar-refractivity contribution in [3.63, 3.8) is 0 Å². The van der Waals surface area contributed by atoms with E-state index in [9.17, 15) is 8.42 Å². The molecule has 0 radical (unpaired) electrons. The maximum absolute atomic E-state index is 13.2. The summed E-state index contributed by atoms with van der Waals surface area (Å²) in [5.74, 6) is 0.374. The van der Waals surface area contributed by atoms with Gasteiger partial charge in [-0.2, -0.15) is 0 Å². The number of nitrogens with zero attached hydrogens (tertiary/aromatic N) is 2. The van der Waals surface area contributed by atoms with Crippen molar-refractivity contribution < 1.29 is 13.2 Å². The molecule has 2 aromatic rings. The lowest BCUT2D eigenvalue weighted by molar-refractivity contribution is 0.246. The first-order valence-corrected chi connectivity index (χ1v) is 11.9. The summed E-state index contributed by atoms with van der Waals surface area (Å²) >= 11 is 0. The number of aryl methyl sites for hydroxylation is 2. The summed E-state index contributed by atoms with van der Waals surface area (Å²) in [5, 5.41) is 0. The summed E-state index contributed by atoms with van der Waals surface area (Å²) < 4.78 is 34.5. The number of benzene rings is 2. The fourth-order valence-corrected chi connectivity index (χ4v) is 5.18. The predicted molar refractivity (Wildman–Crippen MR) is 122 cm³/mol. The van der Waals surface area contributed by atoms with Gasteiger partial charge < -0.3 is 9.64 Å². The number of hydrogen-bond donors (Lipinski definition) is 1. The Hall–Kier alpha value is -2.09. The largest absolute Gasteiger partial charge is 0.495 e. The molecule has 1 unspecified atom stereocenters. The van der Waals surface area contributed by atoms with Gasteiger partial charge in [0.2, 0.25) is 10.0 Å². The Labute approximate surface area is 180 Å². The van der Waals surface area contributed by atoms with Crippen molar-refractivity contribution in [1.29, 1.82) is 0 Å². The second kappa shape index (κ2) is 9.37. The molecule has 1 heterocycles. The zero-order valence-corrected chi connectivity index (χ0v) is 19.4. The molecule has 0 spiro atoms. The molecule has 0 amide bonds. The first-order chi connectivity index (χ1) is 14.2. The lowest BCUT2D eigenvalue weighted by Crippen LogP contribution is -2.37. The van der Waals surface area contributed by atoms with Crippen LogP contribution < -0.4 is 14.4 Å². The van der Waals surface area contributed by atoms with Crippen molar-refractivity contribution in [2.45, 2.75) is 37.6 Å². The van der Waals surface area contributed by atoms with Gasteiger partial charge in [-0.25, -0.2) is 13.1 Å². The van der Waals surface area contributed by atoms with Gasteiger partial charge >= 0.3 is 0 Å². The average molecular weight is 432 g/mol. The molecule has 1 N–H and O–H groups in total. The SMILES string of the molecule is COc1cc(C)c(C)cc1S(=O)(=O)NCC(c1ccc(N(C)C)cc1)N1CCCC1. The number of hydrogen-bond acceptors (Lipinski definition) is 5. The van der Waals surface area contributed by atoms with Gasteiger partial charge in [0.15, 0.2) is 0 Å². The molecule has 0 aromatic heterocycles. The third-order valence-electron chi connectivity index (χ3n) is 5.91. The average Bonchev–Trinajstić information content (AvgIpc) is 3.24. The fourth-order valence-electron chi connectivity index (χ4n) is 3.90. The molecule has 1 atom stereocenters. The van der Waals surface area contributed by atoms with E-state index in [4.69, 9.17) is 4.74 Å². The molecule has 7 heteroatoms. The van der Waals surface area contributed by atoms with Crippen molar-refractivity contribution >= 4 is 15.7 Å². The van der Waals surface area contributed by atoms with Crippen LogP contribution in [0.2, 0.25) is 0 Å². The molecule has 0 aliphatic carbocycles. The summed E-state index contributed by atoms with van der Waals surface area (Å²) in [7, 11) is 1.82. The Morgan fingerprint density at radius 3 is 2.23 bits per heavy atom. The molecule has 1 aliphatic rings. The van der Waals surface area contributed by atoms with E-state index >= 15 is 0 Å². The minimum absolute atomic E-state index is 0.00368. The standard InChI is InChI=1S/C23H33N3O3S/c1-17-14-22(29-5)23(15-18(17)2)30(27,28)24-16-21(26-12-6-7-13-26)19-8-10-20(11-9-19)25(3)4/h8-11,14-15,21,24H,6-7,12-13,16H2,1-5H3. The molecule has 0 saturated carbocycles. The number of likely N-dealkylation sites (tertiary alicyclic amines) is 1. The van der Waals surface area contributed by atoms with Gasteiger partial charge in [0.25, 0.3) is 0 Å². The number of rotatable bonds is 8. The lowest BCUT2D eigenvalue weighted by atomic mass is 10.1. The lowest BCUT2D eigenvalue weighted by Gasteiger charge is -2.28. The third kappa shape index (κ3) is 4.96. The van der Waals surface area contributed by atoms with E-state index in [2.05, 4.69) is 38.8 Å². The molecule has 3 rings (SSSR count). The van der Waals surface area contributed by atoms with Gasteiger partial charge in [0, 0.05) is 32.4 Å². The highest BCUT2D eigenvalue weighted by molar-refractivity contribution is 7.89. The normalized spacial score (nSPS) is 15.9. The summed E-state index contributed by atoms with van der Waals surface area (Å²) in [5.41, 5.74) is 4.17. The van der Waals surface area contributed by atoms with E-state index in [0.29, 0.717) is 12.3 Å². The predicted octanol–water partition coefficient (Wildman–Crippen LogP) is 3.49. The quantitative estimate of drug-likeness (QED) is 0.693. The van der Waals surface area contributed by atoms with Gasteiger partial charge in [-0.3, -0.25) is 4.90 Å². The summed E-state index contributed by atoms with van der Waals surface area (Å²) in [6.07, 6.45) is 2.29. The second-order valence-corrected chi connectivity index (χ2v) is 9.92. The first-order valence-electron chi connectivity index (χ1n) is 10.4. The summed E-state index contributed by atoms with van der Waals surface area (Å²) in [4.78, 5) is 4.62. The van der Waals surface area contributed by atoms with E-state index in [1.165, 1.54) is 7.11 Å². The molecule has 30 heavy (non-hydrogen) atoms. The summed E-state index contributed by atoms with van der Waals surface area (Å²) in [6, 6.07) is 11.8. The molecule has 1 aliphatic heterocycles. The Balaban J connectivity index is 1.86. The van der Waals surface area contributed by atoms with Crippen LogP contribution >= 0.6 is 0 Å². The smallest absolute Gasteiger partial charge is 0.244 e. The van der Waals surface area contributed by atoms with Gasteiger partial charge in [0.1, 0.15) is 10.6 Å². The molecule has 6 nitrogen and oxygen atoms in total. The van der Waals surface area contributed by atoms with E-state index in [-0.39, 0.29) is 10.9 Å². The Bertz CT molecular complexity index is 966. The van der Waals surface area contributed by atoms with Crippen LogP contribution in [-0.2, 0) is 10.0 Å². The molecule has 164 valence electrons. The maximum atomic E-state index is 13.2. The molecule has 1 saturated heterocycles. The maximum Gasteiger partial charge on any atom is 0.244 e. The first kappa shape index (κ1) is 22.6. The Morgan fingerprint density at radius 1 is 1.07 bits per heavy atom. The molecule has 0 bridgehead atoms. The van der Waals surface area contributed by atoms with Gasteiger partial charge in [-0.1, -0.05) is 12.1 Å². The van der Waals surface area contributed by atoms with Crippen LogP contribution in [0.3, 0.4) is 0 Å². The minimum Gasteiger partial charge on any atom is -0.495 e. The van der Waals surface area contributed by atoms with Crippen molar-refractivity contribution in [1.82, 2.24) is 9.62 Å². The van der Waals surface area contributed by atoms with Gasteiger partial charge in [-0.15, -0.1) is 0 Å². The monoisotopic (exact) mass is 431 g/mol. The van der Waals surface area contributed by atoms with Crippen molar-refractivity contribution in [2.75, 3.05) is 45.7 Å². The third-order valence-corrected chi connectivity index (χ3v) is 7.36. The van der Waals surface area contributed by atoms with Crippen LogP contribution in [-0.4, -0.2) is 54.2 Å². The van der Waals surface area contributed by atoms with Crippen LogP contribution in [0, 0.1) is 13.8 Å². The zero-order chi connectivity index (χ0) is 21.9. The molecule has 1 fully saturated rings. The van der Waals surface area contributed by atoms with Crippen molar-refractivity contribution in [3.05, 3.63) is 53.1 Å². The highest BCUT2D eigenvalue weighted by atomic mass is 32.2. The Kier molecular flexibility index (Phi) is 7.06. The summed E-state index contributed by atoms with van der Waals surface area (Å²) in [6.45, 7) is 6.14. The van der Waals surface area contributed by atoms with Gasteiger partial charge in [0.05, 0.1) is 7.11 Å². The highest BCUT2D eigenvalue weighted by Crippen LogP contribution is 2.29. The van der Waals surface area contributed by atoms with Crippen LogP contribution in [0.5, 0.6) is 5.75 Å². The number of sulfonamides is 1. The van der Waals surface area contributed by atoms with Crippen LogP contribution in [0.1, 0.15) is 35.6 Å². The second-order valence-electron chi connectivity index (χ2n) is 8.18. The molecular formula is C23H33N3O3S. The van der Waals surface area contributed by atoms with Gasteiger partial charge in [-0.05, 0) is 80.7 Å². The highest BCUT2D eigenvalue weighted by Gasteiger charge is 2.27. The number of nitrogens with one attached hydrogen (secondary N) is 1. The number of methoxy groups -OCH3 is 1. The van der Waals surface area contributed by atoms with E-state index < -0.39 is 10.0 Å². The number of ether oxygens (including phenoxy) is 1. The topological polar surface area (TPSA) is 61.9 Å². The van der Waals surface area contributed by atoms with Crippen molar-refractivity contribution in [3.8, 4) is 5.75 Å². The molecule has 2 aromatic carbocycles. The molecular weight excluding hydrogens is 398 g/mol. The Morgan fingerprint density at radius 2 is 1.67 bits per heavy atom. The van der Waals surface area contributed by atoms with Crippen molar-refractivity contribution in [2.24, 2.45) is 0 Å². The van der Waals surface area contributed by atoms with Crippen LogP contribution in [0.15, 0.2) is 41.3 Å². The minimum atomic E-state index is -3.71. The zero-order valence-electron chi connectivity index (χ0n) is 18.6. The van der Waals surface area contributed by atoms with E-state index in [1.54, 1.807) is 12.1 Å². The number of anilines is 1.